The molecule has 0 aliphatic carbocycles. The molecule has 0 spiro atoms. The lowest BCUT2D eigenvalue weighted by molar-refractivity contribution is -0.0732. The number of hydrogen-bond acceptors (Lipinski definition) is 12. The largest absolute Gasteiger partial charge is 0.490 e. The fraction of sp³-hybridized carbons (Fsp3) is 0.429. The summed E-state index contributed by atoms with van der Waals surface area (Å²) in [5.41, 5.74) is 8.16. The maximum absolute atomic E-state index is 14.6. The molecular formula is C14H18ClFN5O13P3. The minimum atomic E-state index is -5.84. The first kappa shape index (κ1) is 29.8. The highest BCUT2D eigenvalue weighted by molar-refractivity contribution is 7.66. The molecule has 0 saturated carbocycles. The van der Waals surface area contributed by atoms with Crippen molar-refractivity contribution in [2.75, 3.05) is 5.73 Å². The number of nitrogen functional groups attached to an aromatic ring is 1. The lowest BCUT2D eigenvalue weighted by Gasteiger charge is -2.28. The van der Waals surface area contributed by atoms with E-state index >= 15 is 0 Å². The molecule has 3 heterocycles. The van der Waals surface area contributed by atoms with E-state index in [1.165, 1.54) is 0 Å². The predicted molar refractivity (Wildman–Crippen MR) is 120 cm³/mol. The zero-order chi connectivity index (χ0) is 28.1. The predicted octanol–water partition coefficient (Wildman–Crippen LogP) is -0.667. The van der Waals surface area contributed by atoms with Gasteiger partial charge in [-0.15, -0.1) is 0 Å². The molecule has 1 fully saturated rings. The highest BCUT2D eigenvalue weighted by atomic mass is 35.5. The van der Waals surface area contributed by atoms with Gasteiger partial charge in [0.25, 0.3) is 5.56 Å². The number of phosphoric ester groups is 1. The van der Waals surface area contributed by atoms with Gasteiger partial charge >= 0.3 is 23.5 Å². The topological polar surface area (TPSA) is 292 Å². The number of aromatic amines is 1. The van der Waals surface area contributed by atoms with Crippen LogP contribution in [0.5, 0.6) is 0 Å². The maximum atomic E-state index is 14.6. The average Bonchev–Trinajstić information content (AvgIpc) is 3.13. The smallest absolute Gasteiger partial charge is 0.387 e. The lowest BCUT2D eigenvalue weighted by Crippen LogP contribution is -2.54. The van der Waals surface area contributed by atoms with Crippen molar-refractivity contribution in [1.82, 2.24) is 14.5 Å². The first-order valence-electron chi connectivity index (χ1n) is 9.43. The van der Waals surface area contributed by atoms with Crippen LogP contribution in [0.4, 0.5) is 10.3 Å². The van der Waals surface area contributed by atoms with Crippen molar-refractivity contribution >= 4 is 52.1 Å². The fourth-order valence-corrected chi connectivity index (χ4v) is 6.87. The van der Waals surface area contributed by atoms with Crippen LogP contribution in [-0.4, -0.2) is 63.1 Å². The van der Waals surface area contributed by atoms with E-state index in [0.29, 0.717) is 0 Å². The molecule has 0 bridgehead atoms. The second-order valence-electron chi connectivity index (χ2n) is 7.49. The van der Waals surface area contributed by atoms with Crippen molar-refractivity contribution in [2.45, 2.75) is 37.0 Å². The number of hydrogen-bond donors (Lipinski definition) is 8. The van der Waals surface area contributed by atoms with Crippen LogP contribution in [0.1, 0.15) is 13.2 Å². The molecule has 18 nitrogen and oxygen atoms in total. The zero-order valence-electron chi connectivity index (χ0n) is 18.0. The van der Waals surface area contributed by atoms with Crippen molar-refractivity contribution < 1.29 is 60.6 Å². The molecule has 23 heteroatoms. The van der Waals surface area contributed by atoms with Crippen LogP contribution in [0.3, 0.4) is 0 Å². The van der Waals surface area contributed by atoms with Gasteiger partial charge in [0, 0.05) is 11.6 Å². The standard InChI is InChI=1S/C14H18ClFN5O13P3/c1-5(32-36(27,28)34-37(29,30)33-35(24,25)26)8-9(22)14(18,2-3-15)12(31-8)21-4-6(16)7-10(21)19-13(17)20-11(7)23/h4-5,8-9,12,22H,18H2,1H3,(H,27,28)(H,29,30)(H2,24,25,26)(H3,17,19,20,23)/t5-,8+,9-,12+,14?/m0/s1. The summed E-state index contributed by atoms with van der Waals surface area (Å²) >= 11 is 5.47. The number of nitrogens with one attached hydrogen (secondary N) is 1. The Hall–Kier alpha value is -1.71. The summed E-state index contributed by atoms with van der Waals surface area (Å²) < 4.78 is 67.5. The number of H-pyrrole nitrogens is 1. The minimum Gasteiger partial charge on any atom is -0.387 e. The number of aromatic nitrogens is 3. The van der Waals surface area contributed by atoms with E-state index in [2.05, 4.69) is 29.0 Å². The Kier molecular flexibility index (Phi) is 8.16. The highest BCUT2D eigenvalue weighted by Gasteiger charge is 2.57. The normalized spacial score (nSPS) is 28.3. The third-order valence-corrected chi connectivity index (χ3v) is 8.86. The summed E-state index contributed by atoms with van der Waals surface area (Å²) in [5, 5.41) is 12.2. The van der Waals surface area contributed by atoms with Crippen molar-refractivity contribution in [3.05, 3.63) is 22.4 Å². The van der Waals surface area contributed by atoms with E-state index in [1.54, 1.807) is 0 Å². The number of halogens is 2. The molecule has 1 saturated heterocycles. The number of aliphatic hydroxyl groups excluding tert-OH is 1. The molecule has 206 valence electrons. The number of fused-ring (bicyclic) bond motifs is 1. The second kappa shape index (κ2) is 10.1. The van der Waals surface area contributed by atoms with Crippen molar-refractivity contribution in [2.24, 2.45) is 5.73 Å². The molecule has 2 aromatic heterocycles. The number of phosphoric acid groups is 3. The molecule has 0 radical (unpaired) electrons. The molecule has 1 aliphatic heterocycles. The first-order valence-corrected chi connectivity index (χ1v) is 14.3. The SMILES string of the molecule is C[C@H](OP(=O)(O)OP(=O)(O)OP(=O)(O)O)[C@H]1O[C@@H](n2cc(F)c3c(=O)[nH]c(N)nc32)C(N)(C#CCl)[C@H]1O. The Bertz CT molecular complexity index is 1480. The Morgan fingerprint density at radius 2 is 1.92 bits per heavy atom. The Balaban J connectivity index is 1.96. The molecule has 10 N–H and O–H groups in total. The van der Waals surface area contributed by atoms with E-state index in [9.17, 15) is 37.8 Å². The van der Waals surface area contributed by atoms with Gasteiger partial charge in [-0.3, -0.25) is 18.9 Å². The summed E-state index contributed by atoms with van der Waals surface area (Å²) in [4.78, 5) is 54.4. The third kappa shape index (κ3) is 6.31. The van der Waals surface area contributed by atoms with Crippen molar-refractivity contribution in [3.63, 3.8) is 0 Å². The van der Waals surface area contributed by atoms with E-state index in [1.807, 2.05) is 5.38 Å². The van der Waals surface area contributed by atoms with E-state index in [-0.39, 0.29) is 5.65 Å². The monoisotopic (exact) mass is 611 g/mol. The van der Waals surface area contributed by atoms with Gasteiger partial charge in [-0.2, -0.15) is 13.6 Å². The summed E-state index contributed by atoms with van der Waals surface area (Å²) in [6.07, 6.45) is -6.37. The van der Waals surface area contributed by atoms with Gasteiger partial charge in [0.15, 0.2) is 23.2 Å². The van der Waals surface area contributed by atoms with Gasteiger partial charge < -0.3 is 40.9 Å². The van der Waals surface area contributed by atoms with Crippen LogP contribution < -0.4 is 17.0 Å². The summed E-state index contributed by atoms with van der Waals surface area (Å²) in [6.45, 7) is 0.998. The van der Waals surface area contributed by atoms with Crippen molar-refractivity contribution in [3.8, 4) is 11.3 Å². The average molecular weight is 612 g/mol. The van der Waals surface area contributed by atoms with E-state index in [0.717, 1.165) is 17.7 Å². The Morgan fingerprint density at radius 3 is 2.49 bits per heavy atom. The molecule has 3 rings (SSSR count). The lowest BCUT2D eigenvalue weighted by atomic mass is 9.90. The molecule has 0 amide bonds. The highest BCUT2D eigenvalue weighted by Crippen LogP contribution is 2.66. The summed E-state index contributed by atoms with van der Waals surface area (Å²) in [5.74, 6) is 0.747. The number of aliphatic hydroxyl groups is 1. The molecule has 1 aliphatic rings. The molecule has 0 aromatic carbocycles. The molecular weight excluding hydrogens is 594 g/mol. The number of rotatable bonds is 8. The van der Waals surface area contributed by atoms with Gasteiger partial charge in [0.05, 0.1) is 6.10 Å². The molecule has 7 atom stereocenters. The van der Waals surface area contributed by atoms with Gasteiger partial charge in [-0.1, -0.05) is 5.92 Å². The third-order valence-electron chi connectivity index (χ3n) is 4.84. The van der Waals surface area contributed by atoms with Crippen LogP contribution in [0, 0.1) is 17.1 Å². The first-order chi connectivity index (χ1) is 16.8. The number of anilines is 1. The van der Waals surface area contributed by atoms with Gasteiger partial charge in [-0.05, 0) is 18.5 Å². The second-order valence-corrected chi connectivity index (χ2v) is 12.0. The van der Waals surface area contributed by atoms with Gasteiger partial charge in [0.2, 0.25) is 5.95 Å². The van der Waals surface area contributed by atoms with Gasteiger partial charge in [-0.25, -0.2) is 18.1 Å². The van der Waals surface area contributed by atoms with Crippen LogP contribution in [0.2, 0.25) is 0 Å². The fourth-order valence-electron chi connectivity index (χ4n) is 3.51. The van der Waals surface area contributed by atoms with Crippen LogP contribution in [0.15, 0.2) is 11.0 Å². The number of ether oxygens (including phenoxy) is 1. The van der Waals surface area contributed by atoms with Gasteiger partial charge in [0.1, 0.15) is 17.6 Å². The number of nitrogens with two attached hydrogens (primary N) is 2. The Labute approximate surface area is 209 Å². The van der Waals surface area contributed by atoms with E-state index in [4.69, 9.17) is 37.6 Å². The van der Waals surface area contributed by atoms with Crippen molar-refractivity contribution in [1.29, 1.82) is 0 Å². The van der Waals surface area contributed by atoms with Crippen LogP contribution >= 0.6 is 35.1 Å². The number of nitrogens with zero attached hydrogens (tertiary/aromatic N) is 2. The molecule has 3 unspecified atom stereocenters. The summed E-state index contributed by atoms with van der Waals surface area (Å²) in [6, 6.07) is 0. The van der Waals surface area contributed by atoms with Crippen LogP contribution in [-0.2, 0) is 31.6 Å². The summed E-state index contributed by atoms with van der Waals surface area (Å²) in [7, 11) is -17.1. The van der Waals surface area contributed by atoms with E-state index < -0.39 is 76.3 Å². The maximum Gasteiger partial charge on any atom is 0.490 e. The minimum absolute atomic E-state index is 0.386. The molecule has 2 aromatic rings. The Morgan fingerprint density at radius 1 is 1.30 bits per heavy atom. The molecule has 37 heavy (non-hydrogen) atoms. The zero-order valence-corrected chi connectivity index (χ0v) is 21.5. The van der Waals surface area contributed by atoms with Crippen LogP contribution in [0.25, 0.3) is 11.0 Å². The quantitative estimate of drug-likeness (QED) is 0.136.